The van der Waals surface area contributed by atoms with E-state index in [1.54, 1.807) is 6.33 Å². The van der Waals surface area contributed by atoms with Gasteiger partial charge in [-0.05, 0) is 30.4 Å². The van der Waals surface area contributed by atoms with Crippen molar-refractivity contribution < 1.29 is 9.59 Å². The maximum atomic E-state index is 13.4. The molecule has 0 aliphatic carbocycles. The SMILES string of the molecule is CC1CCN(C(=O)C2CCN(Cc3ccccc3)C2=O)CC1N(C)c1ncnc2[nH]ccc12. The van der Waals surface area contributed by atoms with Gasteiger partial charge in [0.15, 0.2) is 0 Å². The largest absolute Gasteiger partial charge is 0.354 e. The Kier molecular flexibility index (Phi) is 5.74. The minimum atomic E-state index is -0.566. The summed E-state index contributed by atoms with van der Waals surface area (Å²) in [6, 6.07) is 12.1. The molecule has 0 bridgehead atoms. The summed E-state index contributed by atoms with van der Waals surface area (Å²) in [4.78, 5) is 44.3. The van der Waals surface area contributed by atoms with Crippen LogP contribution in [-0.4, -0.2) is 69.3 Å². The van der Waals surface area contributed by atoms with Crippen LogP contribution in [0.3, 0.4) is 0 Å². The van der Waals surface area contributed by atoms with E-state index in [1.165, 1.54) is 0 Å². The van der Waals surface area contributed by atoms with Gasteiger partial charge in [0.1, 0.15) is 23.7 Å². The second kappa shape index (κ2) is 8.84. The summed E-state index contributed by atoms with van der Waals surface area (Å²) in [5.74, 6) is 0.617. The Bertz CT molecular complexity index is 1150. The van der Waals surface area contributed by atoms with Crippen LogP contribution in [0.15, 0.2) is 48.9 Å². The van der Waals surface area contributed by atoms with Crippen LogP contribution in [0.1, 0.15) is 25.3 Å². The molecule has 2 saturated heterocycles. The van der Waals surface area contributed by atoms with Crippen LogP contribution < -0.4 is 4.90 Å². The Morgan fingerprint density at radius 3 is 2.79 bits per heavy atom. The average molecular weight is 447 g/mol. The van der Waals surface area contributed by atoms with Gasteiger partial charge < -0.3 is 19.7 Å². The Morgan fingerprint density at radius 2 is 1.97 bits per heavy atom. The van der Waals surface area contributed by atoms with Gasteiger partial charge in [-0.15, -0.1) is 0 Å². The Labute approximate surface area is 193 Å². The lowest BCUT2D eigenvalue weighted by atomic mass is 9.91. The first kappa shape index (κ1) is 21.4. The number of amides is 2. The number of hydrogen-bond donors (Lipinski definition) is 1. The van der Waals surface area contributed by atoms with E-state index in [-0.39, 0.29) is 17.9 Å². The van der Waals surface area contributed by atoms with Gasteiger partial charge in [-0.25, -0.2) is 9.97 Å². The van der Waals surface area contributed by atoms with Gasteiger partial charge in [0.2, 0.25) is 11.8 Å². The molecule has 1 N–H and O–H groups in total. The van der Waals surface area contributed by atoms with E-state index >= 15 is 0 Å². The van der Waals surface area contributed by atoms with Crippen molar-refractivity contribution in [3.63, 3.8) is 0 Å². The number of aromatic amines is 1. The van der Waals surface area contributed by atoms with E-state index in [9.17, 15) is 9.59 Å². The number of hydrogen-bond acceptors (Lipinski definition) is 5. The van der Waals surface area contributed by atoms with Crippen molar-refractivity contribution >= 4 is 28.7 Å². The number of H-pyrrole nitrogens is 1. The molecule has 0 spiro atoms. The monoisotopic (exact) mass is 446 g/mol. The number of likely N-dealkylation sites (tertiary alicyclic amines) is 2. The quantitative estimate of drug-likeness (QED) is 0.609. The average Bonchev–Trinajstić information content (AvgIpc) is 3.46. The Balaban J connectivity index is 1.28. The van der Waals surface area contributed by atoms with Gasteiger partial charge in [-0.3, -0.25) is 9.59 Å². The molecule has 2 aliphatic rings. The summed E-state index contributed by atoms with van der Waals surface area (Å²) in [7, 11) is 2.03. The molecule has 3 aromatic rings. The minimum Gasteiger partial charge on any atom is -0.354 e. The first-order valence-electron chi connectivity index (χ1n) is 11.7. The molecular weight excluding hydrogens is 416 g/mol. The molecule has 2 amide bonds. The van der Waals surface area contributed by atoms with Crippen molar-refractivity contribution in [3.8, 4) is 0 Å². The lowest BCUT2D eigenvalue weighted by Gasteiger charge is -2.42. The van der Waals surface area contributed by atoms with Gasteiger partial charge in [-0.2, -0.15) is 0 Å². The van der Waals surface area contributed by atoms with E-state index in [0.717, 1.165) is 28.8 Å². The van der Waals surface area contributed by atoms with Gasteiger partial charge >= 0.3 is 0 Å². The van der Waals surface area contributed by atoms with E-state index in [0.29, 0.717) is 38.5 Å². The fourth-order valence-corrected chi connectivity index (χ4v) is 5.20. The number of benzene rings is 1. The number of carbonyl (C=O) groups is 2. The number of nitrogens with zero attached hydrogens (tertiary/aromatic N) is 5. The smallest absolute Gasteiger partial charge is 0.235 e. The van der Waals surface area contributed by atoms with E-state index in [2.05, 4.69) is 26.8 Å². The van der Waals surface area contributed by atoms with Crippen molar-refractivity contribution in [1.82, 2.24) is 24.8 Å². The molecule has 1 aromatic carbocycles. The zero-order valence-electron chi connectivity index (χ0n) is 19.1. The highest BCUT2D eigenvalue weighted by molar-refractivity contribution is 6.01. The predicted molar refractivity (Wildman–Crippen MR) is 126 cm³/mol. The van der Waals surface area contributed by atoms with Crippen LogP contribution in [0.5, 0.6) is 0 Å². The molecule has 3 unspecified atom stereocenters. The van der Waals surface area contributed by atoms with Gasteiger partial charge in [-0.1, -0.05) is 37.3 Å². The van der Waals surface area contributed by atoms with Gasteiger partial charge in [0.05, 0.1) is 11.4 Å². The molecule has 2 aromatic heterocycles. The van der Waals surface area contributed by atoms with Gasteiger partial charge in [0, 0.05) is 39.4 Å². The molecule has 0 saturated carbocycles. The van der Waals surface area contributed by atoms with Gasteiger partial charge in [0.25, 0.3) is 0 Å². The first-order valence-corrected chi connectivity index (χ1v) is 11.7. The highest BCUT2D eigenvalue weighted by Crippen LogP contribution is 2.30. The molecule has 33 heavy (non-hydrogen) atoms. The van der Waals surface area contributed by atoms with Crippen LogP contribution >= 0.6 is 0 Å². The Morgan fingerprint density at radius 1 is 1.15 bits per heavy atom. The highest BCUT2D eigenvalue weighted by atomic mass is 16.2. The lowest BCUT2D eigenvalue weighted by Crippen LogP contribution is -2.54. The number of anilines is 1. The summed E-state index contributed by atoms with van der Waals surface area (Å²) >= 11 is 0. The van der Waals surface area contributed by atoms with Crippen molar-refractivity contribution in [3.05, 3.63) is 54.5 Å². The topological polar surface area (TPSA) is 85.4 Å². The summed E-state index contributed by atoms with van der Waals surface area (Å²) in [6.07, 6.45) is 4.92. The van der Waals surface area contributed by atoms with Crippen molar-refractivity contribution in [2.75, 3.05) is 31.6 Å². The first-order chi connectivity index (χ1) is 16.0. The van der Waals surface area contributed by atoms with Crippen molar-refractivity contribution in [2.45, 2.75) is 32.4 Å². The van der Waals surface area contributed by atoms with Crippen LogP contribution in [0.25, 0.3) is 11.0 Å². The molecule has 3 atom stereocenters. The molecule has 172 valence electrons. The maximum Gasteiger partial charge on any atom is 0.235 e. The number of fused-ring (bicyclic) bond motifs is 1. The van der Waals surface area contributed by atoms with E-state index < -0.39 is 5.92 Å². The molecule has 2 aliphatic heterocycles. The molecular formula is C25H30N6O2. The van der Waals surface area contributed by atoms with Crippen LogP contribution in [-0.2, 0) is 16.1 Å². The fourth-order valence-electron chi connectivity index (χ4n) is 5.20. The van der Waals surface area contributed by atoms with E-state index in [4.69, 9.17) is 0 Å². The lowest BCUT2D eigenvalue weighted by molar-refractivity contribution is -0.144. The van der Waals surface area contributed by atoms with E-state index in [1.807, 2.05) is 59.4 Å². The van der Waals surface area contributed by atoms with Crippen molar-refractivity contribution in [2.24, 2.45) is 11.8 Å². The second-order valence-corrected chi connectivity index (χ2v) is 9.25. The summed E-state index contributed by atoms with van der Waals surface area (Å²) in [5, 5.41) is 0.971. The molecule has 2 fully saturated rings. The third-order valence-corrected chi connectivity index (χ3v) is 7.21. The number of carbonyl (C=O) groups excluding carboxylic acids is 2. The summed E-state index contributed by atoms with van der Waals surface area (Å²) < 4.78 is 0. The molecule has 8 nitrogen and oxygen atoms in total. The summed E-state index contributed by atoms with van der Waals surface area (Å²) in [6.45, 7) is 4.70. The second-order valence-electron chi connectivity index (χ2n) is 9.25. The number of likely N-dealkylation sites (N-methyl/N-ethyl adjacent to an activating group) is 1. The molecule has 4 heterocycles. The molecule has 0 radical (unpaired) electrons. The standard InChI is InChI=1S/C25H30N6O2/c1-17-9-12-31(15-21(17)29(2)23-19-8-11-26-22(19)27-16-28-23)25(33)20-10-13-30(24(20)32)14-18-6-4-3-5-7-18/h3-8,11,16-17,20-21H,9-10,12-15H2,1-2H3,(H,26,27,28). The number of nitrogens with one attached hydrogen (secondary N) is 1. The summed E-state index contributed by atoms with van der Waals surface area (Å²) in [5.41, 5.74) is 1.90. The zero-order valence-corrected chi connectivity index (χ0v) is 19.1. The third-order valence-electron chi connectivity index (χ3n) is 7.21. The predicted octanol–water partition coefficient (Wildman–Crippen LogP) is 2.68. The van der Waals surface area contributed by atoms with Crippen LogP contribution in [0.4, 0.5) is 5.82 Å². The maximum absolute atomic E-state index is 13.4. The number of aromatic nitrogens is 3. The zero-order chi connectivity index (χ0) is 22.9. The van der Waals surface area contributed by atoms with Crippen molar-refractivity contribution in [1.29, 1.82) is 0 Å². The molecule has 8 heteroatoms. The Hall–Kier alpha value is -3.42. The third kappa shape index (κ3) is 4.05. The molecule has 5 rings (SSSR count). The normalized spacial score (nSPS) is 23.3. The van der Waals surface area contributed by atoms with Crippen LogP contribution in [0.2, 0.25) is 0 Å². The fraction of sp³-hybridized carbons (Fsp3) is 0.440. The highest BCUT2D eigenvalue weighted by Gasteiger charge is 2.41. The number of rotatable bonds is 5. The number of piperidine rings is 1. The van der Waals surface area contributed by atoms with Crippen LogP contribution in [0, 0.1) is 11.8 Å². The minimum absolute atomic E-state index is 0.0321.